The number of carbonyl (C=O) groups is 1. The topological polar surface area (TPSA) is 26.3 Å². The molecular formula is C9H8BrIO2. The van der Waals surface area contributed by atoms with Crippen molar-refractivity contribution in [3.05, 3.63) is 32.9 Å². The second-order valence-corrected chi connectivity index (χ2v) is 4.16. The highest BCUT2D eigenvalue weighted by atomic mass is 127. The van der Waals surface area contributed by atoms with E-state index in [2.05, 4.69) is 43.3 Å². The molecule has 0 heterocycles. The summed E-state index contributed by atoms with van der Waals surface area (Å²) in [6.45, 7) is 0. The lowest BCUT2D eigenvalue weighted by atomic mass is 10.1. The normalized spacial score (nSPS) is 9.77. The smallest absolute Gasteiger partial charge is 0.338 e. The van der Waals surface area contributed by atoms with E-state index in [4.69, 9.17) is 0 Å². The van der Waals surface area contributed by atoms with Crippen LogP contribution in [0.2, 0.25) is 0 Å². The van der Waals surface area contributed by atoms with Crippen LogP contribution in [-0.2, 0) is 10.1 Å². The Balaban J connectivity index is 3.05. The molecule has 1 rings (SSSR count). The number of hydrogen-bond acceptors (Lipinski definition) is 2. The first-order chi connectivity index (χ1) is 6.19. The van der Waals surface area contributed by atoms with Crippen LogP contribution in [0.3, 0.4) is 0 Å². The van der Waals surface area contributed by atoms with Crippen molar-refractivity contribution < 1.29 is 9.53 Å². The first-order valence-electron chi connectivity index (χ1n) is 3.61. The molecule has 0 unspecified atom stereocenters. The zero-order valence-corrected chi connectivity index (χ0v) is 10.8. The summed E-state index contributed by atoms with van der Waals surface area (Å²) in [6.07, 6.45) is 0. The highest BCUT2D eigenvalue weighted by molar-refractivity contribution is 14.1. The van der Waals surface area contributed by atoms with Gasteiger partial charge in [0.2, 0.25) is 0 Å². The Labute approximate surface area is 98.9 Å². The number of halogens is 2. The molecular weight excluding hydrogens is 347 g/mol. The van der Waals surface area contributed by atoms with E-state index in [9.17, 15) is 4.79 Å². The van der Waals surface area contributed by atoms with Crippen molar-refractivity contribution >= 4 is 44.5 Å². The maximum absolute atomic E-state index is 11.2. The van der Waals surface area contributed by atoms with Crippen molar-refractivity contribution in [2.24, 2.45) is 0 Å². The molecule has 0 radical (unpaired) electrons. The molecule has 4 heteroatoms. The van der Waals surface area contributed by atoms with E-state index in [1.54, 1.807) is 6.07 Å². The van der Waals surface area contributed by atoms with Gasteiger partial charge < -0.3 is 4.74 Å². The molecule has 1 aromatic carbocycles. The predicted molar refractivity (Wildman–Crippen MR) is 63.1 cm³/mol. The van der Waals surface area contributed by atoms with Gasteiger partial charge in [-0.05, 0) is 40.3 Å². The van der Waals surface area contributed by atoms with E-state index in [1.807, 2.05) is 12.1 Å². The molecule has 13 heavy (non-hydrogen) atoms. The number of esters is 1. The third kappa shape index (κ3) is 2.67. The zero-order valence-electron chi connectivity index (χ0n) is 7.01. The van der Waals surface area contributed by atoms with Crippen molar-refractivity contribution in [3.63, 3.8) is 0 Å². The van der Waals surface area contributed by atoms with Gasteiger partial charge in [0, 0.05) is 8.90 Å². The molecule has 0 N–H and O–H groups in total. The Hall–Kier alpha value is -0.100. The first-order valence-corrected chi connectivity index (χ1v) is 5.81. The number of carbonyl (C=O) groups excluding carboxylic acids is 1. The number of benzene rings is 1. The van der Waals surface area contributed by atoms with Crippen molar-refractivity contribution in [1.29, 1.82) is 0 Å². The SMILES string of the molecule is COC(=O)c1ccc(CBr)cc1I. The minimum atomic E-state index is -0.287. The maximum Gasteiger partial charge on any atom is 0.338 e. The standard InChI is InChI=1S/C9H8BrIO2/c1-13-9(12)7-3-2-6(5-10)4-8(7)11/h2-4H,5H2,1H3. The summed E-state index contributed by atoms with van der Waals surface area (Å²) >= 11 is 5.48. The molecule has 0 aliphatic heterocycles. The molecule has 0 amide bonds. The Bertz CT molecular complexity index is 325. The van der Waals surface area contributed by atoms with Gasteiger partial charge in [-0.2, -0.15) is 0 Å². The molecule has 0 spiro atoms. The van der Waals surface area contributed by atoms with Gasteiger partial charge in [0.15, 0.2) is 0 Å². The third-order valence-electron chi connectivity index (χ3n) is 1.59. The number of ether oxygens (including phenoxy) is 1. The van der Waals surface area contributed by atoms with Gasteiger partial charge in [-0.15, -0.1) is 0 Å². The van der Waals surface area contributed by atoms with Gasteiger partial charge >= 0.3 is 5.97 Å². The lowest BCUT2D eigenvalue weighted by Gasteiger charge is -2.03. The van der Waals surface area contributed by atoms with E-state index in [-0.39, 0.29) is 5.97 Å². The van der Waals surface area contributed by atoms with Crippen LogP contribution in [0.4, 0.5) is 0 Å². The zero-order chi connectivity index (χ0) is 9.84. The van der Waals surface area contributed by atoms with Gasteiger partial charge in [-0.1, -0.05) is 22.0 Å². The van der Waals surface area contributed by atoms with Crippen molar-refractivity contribution in [2.45, 2.75) is 5.33 Å². The molecule has 0 aliphatic rings. The molecule has 0 bridgehead atoms. The first kappa shape index (κ1) is 11.0. The van der Waals surface area contributed by atoms with Crippen LogP contribution in [0.15, 0.2) is 18.2 Å². The van der Waals surface area contributed by atoms with Crippen molar-refractivity contribution in [1.82, 2.24) is 0 Å². The molecule has 0 aliphatic carbocycles. The molecule has 0 saturated heterocycles. The van der Waals surface area contributed by atoms with E-state index in [1.165, 1.54) is 7.11 Å². The molecule has 0 fully saturated rings. The Morgan fingerprint density at radius 2 is 2.31 bits per heavy atom. The molecule has 2 nitrogen and oxygen atoms in total. The van der Waals surface area contributed by atoms with Crippen LogP contribution < -0.4 is 0 Å². The van der Waals surface area contributed by atoms with E-state index in [0.29, 0.717) is 5.56 Å². The van der Waals surface area contributed by atoms with Crippen LogP contribution in [0.5, 0.6) is 0 Å². The Morgan fingerprint density at radius 1 is 1.62 bits per heavy atom. The van der Waals surface area contributed by atoms with Crippen LogP contribution in [0, 0.1) is 3.57 Å². The fourth-order valence-corrected chi connectivity index (χ4v) is 2.07. The summed E-state index contributed by atoms with van der Waals surface area (Å²) in [5.41, 5.74) is 1.77. The molecule has 70 valence electrons. The van der Waals surface area contributed by atoms with E-state index < -0.39 is 0 Å². The summed E-state index contributed by atoms with van der Waals surface area (Å²) in [5, 5.41) is 0.796. The molecule has 0 aromatic heterocycles. The van der Waals surface area contributed by atoms with Crippen LogP contribution in [0.1, 0.15) is 15.9 Å². The number of methoxy groups -OCH3 is 1. The third-order valence-corrected chi connectivity index (χ3v) is 3.13. The van der Waals surface area contributed by atoms with Gasteiger partial charge in [0.25, 0.3) is 0 Å². The maximum atomic E-state index is 11.2. The second kappa shape index (κ2) is 4.95. The minimum absolute atomic E-state index is 0.287. The summed E-state index contributed by atoms with van der Waals surface area (Å²) < 4.78 is 5.55. The average Bonchev–Trinajstić information content (AvgIpc) is 2.16. The van der Waals surface area contributed by atoms with Crippen LogP contribution in [-0.4, -0.2) is 13.1 Å². The van der Waals surface area contributed by atoms with Crippen molar-refractivity contribution in [3.8, 4) is 0 Å². The lowest BCUT2D eigenvalue weighted by Crippen LogP contribution is -2.03. The summed E-state index contributed by atoms with van der Waals surface area (Å²) in [6, 6.07) is 5.65. The Morgan fingerprint density at radius 3 is 2.77 bits per heavy atom. The van der Waals surface area contributed by atoms with Crippen LogP contribution >= 0.6 is 38.5 Å². The minimum Gasteiger partial charge on any atom is -0.465 e. The van der Waals surface area contributed by atoms with E-state index >= 15 is 0 Å². The monoisotopic (exact) mass is 354 g/mol. The fourth-order valence-electron chi connectivity index (χ4n) is 0.917. The highest BCUT2D eigenvalue weighted by Gasteiger charge is 2.09. The van der Waals surface area contributed by atoms with Crippen molar-refractivity contribution in [2.75, 3.05) is 7.11 Å². The number of alkyl halides is 1. The van der Waals surface area contributed by atoms with Gasteiger partial charge in [0.05, 0.1) is 12.7 Å². The largest absolute Gasteiger partial charge is 0.465 e. The van der Waals surface area contributed by atoms with Gasteiger partial charge in [-0.25, -0.2) is 4.79 Å². The number of hydrogen-bond donors (Lipinski definition) is 0. The summed E-state index contributed by atoms with van der Waals surface area (Å²) in [4.78, 5) is 11.2. The number of rotatable bonds is 2. The quantitative estimate of drug-likeness (QED) is 0.463. The highest BCUT2D eigenvalue weighted by Crippen LogP contribution is 2.17. The van der Waals surface area contributed by atoms with Gasteiger partial charge in [0.1, 0.15) is 0 Å². The fraction of sp³-hybridized carbons (Fsp3) is 0.222. The Kier molecular flexibility index (Phi) is 4.18. The predicted octanol–water partition coefficient (Wildman–Crippen LogP) is 2.97. The second-order valence-electron chi connectivity index (χ2n) is 2.44. The van der Waals surface area contributed by atoms with Gasteiger partial charge in [-0.3, -0.25) is 0 Å². The molecule has 1 aromatic rings. The average molecular weight is 355 g/mol. The van der Waals surface area contributed by atoms with E-state index in [0.717, 1.165) is 14.5 Å². The lowest BCUT2D eigenvalue weighted by molar-refractivity contribution is 0.0599. The summed E-state index contributed by atoms with van der Waals surface area (Å²) in [7, 11) is 1.39. The van der Waals surface area contributed by atoms with Crippen LogP contribution in [0.25, 0.3) is 0 Å². The molecule has 0 saturated carbocycles. The summed E-state index contributed by atoms with van der Waals surface area (Å²) in [5.74, 6) is -0.287. The molecule has 0 atom stereocenters.